The summed E-state index contributed by atoms with van der Waals surface area (Å²) in [5.74, 6) is 0.981. The van der Waals surface area contributed by atoms with Crippen LogP contribution < -0.4 is 10.5 Å². The molecule has 1 atom stereocenters. The van der Waals surface area contributed by atoms with E-state index in [1.165, 1.54) is 16.7 Å². The molecule has 4 heteroatoms. The van der Waals surface area contributed by atoms with Gasteiger partial charge in [0.05, 0.1) is 9.88 Å². The van der Waals surface area contributed by atoms with Crippen LogP contribution in [0.3, 0.4) is 0 Å². The van der Waals surface area contributed by atoms with Crippen molar-refractivity contribution in [2.24, 2.45) is 5.73 Å². The zero-order valence-electron chi connectivity index (χ0n) is 13.3. The van der Waals surface area contributed by atoms with Crippen molar-refractivity contribution >= 4 is 11.3 Å². The highest BCUT2D eigenvalue weighted by Crippen LogP contribution is 2.27. The predicted molar refractivity (Wildman–Crippen MR) is 89.1 cm³/mol. The van der Waals surface area contributed by atoms with Crippen LogP contribution in [0, 0.1) is 20.8 Å². The first-order valence-corrected chi connectivity index (χ1v) is 8.21. The van der Waals surface area contributed by atoms with Gasteiger partial charge in [0, 0.05) is 12.2 Å². The van der Waals surface area contributed by atoms with E-state index in [9.17, 15) is 0 Å². The Morgan fingerprint density at radius 1 is 1.24 bits per heavy atom. The van der Waals surface area contributed by atoms with Crippen LogP contribution in [-0.4, -0.2) is 11.0 Å². The normalized spacial score (nSPS) is 12.4. The lowest BCUT2D eigenvalue weighted by molar-refractivity contribution is 0.305. The number of hydrogen-bond acceptors (Lipinski definition) is 4. The van der Waals surface area contributed by atoms with Crippen LogP contribution in [0.4, 0.5) is 0 Å². The first kappa shape index (κ1) is 16.0. The molecular weight excluding hydrogens is 280 g/mol. The fraction of sp³-hybridized carbons (Fsp3) is 0.471. The lowest BCUT2D eigenvalue weighted by Crippen LogP contribution is -2.21. The highest BCUT2D eigenvalue weighted by molar-refractivity contribution is 7.11. The van der Waals surface area contributed by atoms with Crippen LogP contribution in [-0.2, 0) is 13.0 Å². The van der Waals surface area contributed by atoms with Crippen LogP contribution in [0.2, 0.25) is 0 Å². The maximum absolute atomic E-state index is 6.04. The Morgan fingerprint density at radius 2 is 1.90 bits per heavy atom. The zero-order chi connectivity index (χ0) is 15.4. The number of rotatable bonds is 6. The topological polar surface area (TPSA) is 48.1 Å². The van der Waals surface area contributed by atoms with Crippen molar-refractivity contribution in [2.45, 2.75) is 53.2 Å². The van der Waals surface area contributed by atoms with Gasteiger partial charge >= 0.3 is 0 Å². The van der Waals surface area contributed by atoms with Crippen molar-refractivity contribution in [3.8, 4) is 5.75 Å². The van der Waals surface area contributed by atoms with Crippen LogP contribution in [0.25, 0.3) is 0 Å². The van der Waals surface area contributed by atoms with Gasteiger partial charge in [0.15, 0.2) is 0 Å². The molecule has 0 amide bonds. The molecule has 3 nitrogen and oxygen atoms in total. The number of aromatic nitrogens is 1. The summed E-state index contributed by atoms with van der Waals surface area (Å²) in [5.41, 5.74) is 9.69. The molecule has 1 unspecified atom stereocenters. The standard InChI is InChI=1S/C17H24N2OS/c1-5-15(18)8-14-6-11(2)17(12(3)7-14)20-10-16-9-19-13(4)21-16/h6-7,9,15H,5,8,10,18H2,1-4H3. The Morgan fingerprint density at radius 3 is 2.43 bits per heavy atom. The van der Waals surface area contributed by atoms with Crippen LogP contribution in [0.5, 0.6) is 5.75 Å². The molecule has 0 aliphatic carbocycles. The summed E-state index contributed by atoms with van der Waals surface area (Å²) in [6.45, 7) is 8.92. The number of nitrogens with two attached hydrogens (primary N) is 1. The summed E-state index contributed by atoms with van der Waals surface area (Å²) in [4.78, 5) is 5.41. The number of aryl methyl sites for hydroxylation is 3. The molecule has 0 aliphatic heterocycles. The quantitative estimate of drug-likeness (QED) is 0.879. The average molecular weight is 304 g/mol. The Hall–Kier alpha value is -1.39. The predicted octanol–water partition coefficient (Wildman–Crippen LogP) is 3.93. The second-order valence-corrected chi connectivity index (χ2v) is 6.88. The van der Waals surface area contributed by atoms with E-state index in [1.807, 2.05) is 13.1 Å². The van der Waals surface area contributed by atoms with Crippen molar-refractivity contribution in [2.75, 3.05) is 0 Å². The Bertz CT molecular complexity index is 584. The third kappa shape index (κ3) is 4.29. The van der Waals surface area contributed by atoms with Crippen molar-refractivity contribution in [1.82, 2.24) is 4.98 Å². The first-order chi connectivity index (χ1) is 9.99. The SMILES string of the molecule is CCC(N)Cc1cc(C)c(OCc2cnc(C)s2)c(C)c1. The highest BCUT2D eigenvalue weighted by Gasteiger charge is 2.09. The molecule has 2 rings (SSSR count). The molecule has 2 aromatic rings. The van der Waals surface area contributed by atoms with Crippen LogP contribution in [0.1, 0.15) is 39.9 Å². The number of ether oxygens (including phenoxy) is 1. The fourth-order valence-electron chi connectivity index (χ4n) is 2.45. The minimum absolute atomic E-state index is 0.232. The number of nitrogens with zero attached hydrogens (tertiary/aromatic N) is 1. The second kappa shape index (κ2) is 7.05. The number of benzene rings is 1. The summed E-state index contributed by atoms with van der Waals surface area (Å²) in [7, 11) is 0. The second-order valence-electron chi connectivity index (χ2n) is 5.57. The molecule has 114 valence electrons. The van der Waals surface area contributed by atoms with Crippen molar-refractivity contribution in [3.63, 3.8) is 0 Å². The van der Waals surface area contributed by atoms with E-state index < -0.39 is 0 Å². The summed E-state index contributed by atoms with van der Waals surface area (Å²) in [5, 5.41) is 1.07. The van der Waals surface area contributed by atoms with Crippen molar-refractivity contribution in [1.29, 1.82) is 0 Å². The van der Waals surface area contributed by atoms with Crippen LogP contribution >= 0.6 is 11.3 Å². The minimum Gasteiger partial charge on any atom is -0.487 e. The lowest BCUT2D eigenvalue weighted by Gasteiger charge is -2.15. The van der Waals surface area contributed by atoms with E-state index in [1.54, 1.807) is 11.3 Å². The van der Waals surface area contributed by atoms with Crippen molar-refractivity contribution < 1.29 is 4.74 Å². The van der Waals surface area contributed by atoms with Gasteiger partial charge in [-0.2, -0.15) is 0 Å². The van der Waals surface area contributed by atoms with E-state index >= 15 is 0 Å². The molecule has 21 heavy (non-hydrogen) atoms. The van der Waals surface area contributed by atoms with Gasteiger partial charge < -0.3 is 10.5 Å². The molecule has 0 radical (unpaired) electrons. The Labute approximate surface area is 131 Å². The molecule has 1 aromatic heterocycles. The minimum atomic E-state index is 0.232. The van der Waals surface area contributed by atoms with Gasteiger partial charge in [0.25, 0.3) is 0 Å². The van der Waals surface area contributed by atoms with E-state index in [0.717, 1.165) is 28.5 Å². The molecule has 0 bridgehead atoms. The van der Waals surface area contributed by atoms with Gasteiger partial charge in [-0.05, 0) is 50.3 Å². The smallest absolute Gasteiger partial charge is 0.125 e. The van der Waals surface area contributed by atoms with Gasteiger partial charge in [-0.25, -0.2) is 4.98 Å². The number of thiazole rings is 1. The zero-order valence-corrected chi connectivity index (χ0v) is 14.1. The molecule has 2 N–H and O–H groups in total. The Balaban J connectivity index is 2.09. The first-order valence-electron chi connectivity index (χ1n) is 7.39. The van der Waals surface area contributed by atoms with E-state index in [2.05, 4.69) is 37.9 Å². The Kier molecular flexibility index (Phi) is 5.37. The third-order valence-electron chi connectivity index (χ3n) is 3.57. The van der Waals surface area contributed by atoms with E-state index in [0.29, 0.717) is 6.61 Å². The molecule has 0 spiro atoms. The molecule has 0 saturated heterocycles. The van der Waals surface area contributed by atoms with Gasteiger partial charge in [-0.15, -0.1) is 11.3 Å². The molecular formula is C17H24N2OS. The molecule has 0 saturated carbocycles. The van der Waals surface area contributed by atoms with Gasteiger partial charge in [-0.3, -0.25) is 0 Å². The maximum atomic E-state index is 6.04. The molecule has 1 heterocycles. The molecule has 0 fully saturated rings. The largest absolute Gasteiger partial charge is 0.487 e. The molecule has 1 aromatic carbocycles. The summed E-state index contributed by atoms with van der Waals surface area (Å²) >= 11 is 1.68. The highest BCUT2D eigenvalue weighted by atomic mass is 32.1. The van der Waals surface area contributed by atoms with Gasteiger partial charge in [0.1, 0.15) is 12.4 Å². The van der Waals surface area contributed by atoms with Gasteiger partial charge in [-0.1, -0.05) is 19.1 Å². The fourth-order valence-corrected chi connectivity index (χ4v) is 3.16. The third-order valence-corrected chi connectivity index (χ3v) is 4.46. The van der Waals surface area contributed by atoms with Gasteiger partial charge in [0.2, 0.25) is 0 Å². The lowest BCUT2D eigenvalue weighted by atomic mass is 9.99. The maximum Gasteiger partial charge on any atom is 0.125 e. The van der Waals surface area contributed by atoms with Crippen LogP contribution in [0.15, 0.2) is 18.3 Å². The molecule has 0 aliphatic rings. The van der Waals surface area contributed by atoms with E-state index in [4.69, 9.17) is 10.5 Å². The van der Waals surface area contributed by atoms with E-state index in [-0.39, 0.29) is 6.04 Å². The average Bonchev–Trinajstić information content (AvgIpc) is 2.83. The summed E-state index contributed by atoms with van der Waals surface area (Å²) in [6.07, 6.45) is 3.81. The number of hydrogen-bond donors (Lipinski definition) is 1. The monoisotopic (exact) mass is 304 g/mol. The summed E-state index contributed by atoms with van der Waals surface area (Å²) < 4.78 is 5.99. The van der Waals surface area contributed by atoms with Crippen molar-refractivity contribution in [3.05, 3.63) is 44.9 Å². The summed E-state index contributed by atoms with van der Waals surface area (Å²) in [6, 6.07) is 4.61.